The van der Waals surface area contributed by atoms with Crippen molar-refractivity contribution in [2.24, 2.45) is 0 Å². The van der Waals surface area contributed by atoms with E-state index >= 15 is 0 Å². The van der Waals surface area contributed by atoms with Crippen molar-refractivity contribution in [3.05, 3.63) is 140 Å². The van der Waals surface area contributed by atoms with Crippen molar-refractivity contribution in [1.29, 1.82) is 0 Å². The van der Waals surface area contributed by atoms with Crippen LogP contribution in [0, 0.1) is 0 Å². The summed E-state index contributed by atoms with van der Waals surface area (Å²) in [6, 6.07) is 50.4. The molecule has 0 fully saturated rings. The molecule has 45 heavy (non-hydrogen) atoms. The highest BCUT2D eigenvalue weighted by molar-refractivity contribution is 6.38. The number of aromatic nitrogens is 3. The molecule has 10 aromatic rings. The van der Waals surface area contributed by atoms with Gasteiger partial charge in [0.2, 0.25) is 5.95 Å². The van der Waals surface area contributed by atoms with E-state index in [1.54, 1.807) is 0 Å². The van der Waals surface area contributed by atoms with Crippen molar-refractivity contribution in [3.8, 4) is 28.3 Å². The summed E-state index contributed by atoms with van der Waals surface area (Å²) in [6.07, 6.45) is 0. The van der Waals surface area contributed by atoms with E-state index in [0.29, 0.717) is 5.95 Å². The Bertz CT molecular complexity index is 2910. The third-order valence-electron chi connectivity index (χ3n) is 9.87. The second-order valence-electron chi connectivity index (χ2n) is 12.1. The summed E-state index contributed by atoms with van der Waals surface area (Å²) in [7, 11) is 0. The predicted molar refractivity (Wildman–Crippen MR) is 188 cm³/mol. The number of nitrogens with zero attached hydrogens (tertiary/aromatic N) is 3. The van der Waals surface area contributed by atoms with Crippen molar-refractivity contribution in [1.82, 2.24) is 14.5 Å². The number of rotatable bonds is 2. The van der Waals surface area contributed by atoms with E-state index in [0.717, 1.165) is 38.6 Å². The van der Waals surface area contributed by atoms with Gasteiger partial charge in [-0.3, -0.25) is 4.57 Å². The quantitative estimate of drug-likeness (QED) is 0.194. The Balaban J connectivity index is 1.36. The molecular weight excluding hydrogens is 546 g/mol. The standard InChI is InChI=1S/C42H23N3/c1-2-9-28(10-3-1)41-38-29-12-5-4-8-24(29)20-22-32(38)43-42(44-41)45-33-15-7-14-31-30-13-6-11-25-16-17-26-18-19-27-21-23-34(45)40(39(31)33)37(27)36(26)35(25)30/h1-23H. The van der Waals surface area contributed by atoms with Crippen LogP contribution in [0.2, 0.25) is 0 Å². The largest absolute Gasteiger partial charge is 0.278 e. The van der Waals surface area contributed by atoms with Crippen molar-refractivity contribution in [2.45, 2.75) is 0 Å². The van der Waals surface area contributed by atoms with Gasteiger partial charge in [-0.25, -0.2) is 9.97 Å². The third kappa shape index (κ3) is 2.95. The van der Waals surface area contributed by atoms with E-state index in [1.807, 2.05) is 0 Å². The van der Waals surface area contributed by atoms with Gasteiger partial charge in [0.15, 0.2) is 0 Å². The normalized spacial score (nSPS) is 12.4. The van der Waals surface area contributed by atoms with E-state index in [2.05, 4.69) is 144 Å². The molecule has 8 aromatic carbocycles. The first-order valence-electron chi connectivity index (χ1n) is 15.4. The topological polar surface area (TPSA) is 30.7 Å². The average molecular weight is 570 g/mol. The highest BCUT2D eigenvalue weighted by atomic mass is 15.2. The maximum absolute atomic E-state index is 5.44. The second-order valence-corrected chi connectivity index (χ2v) is 12.1. The molecule has 3 nitrogen and oxygen atoms in total. The molecule has 1 aliphatic rings. The minimum Gasteiger partial charge on any atom is -0.278 e. The van der Waals surface area contributed by atoms with Gasteiger partial charge in [0.25, 0.3) is 0 Å². The highest BCUT2D eigenvalue weighted by Gasteiger charge is 2.25. The van der Waals surface area contributed by atoms with Gasteiger partial charge >= 0.3 is 0 Å². The molecule has 2 heterocycles. The molecule has 0 aliphatic heterocycles. The molecule has 3 heteroatoms. The maximum Gasteiger partial charge on any atom is 0.235 e. The highest BCUT2D eigenvalue weighted by Crippen LogP contribution is 2.49. The van der Waals surface area contributed by atoms with Crippen molar-refractivity contribution in [2.75, 3.05) is 0 Å². The van der Waals surface area contributed by atoms with Crippen LogP contribution in [0.3, 0.4) is 0 Å². The molecule has 0 bridgehead atoms. The summed E-state index contributed by atoms with van der Waals surface area (Å²) in [5.74, 6) is 0.687. The third-order valence-corrected chi connectivity index (χ3v) is 9.87. The first-order chi connectivity index (χ1) is 22.3. The van der Waals surface area contributed by atoms with Crippen LogP contribution in [0.1, 0.15) is 0 Å². The molecule has 206 valence electrons. The van der Waals surface area contributed by atoms with Gasteiger partial charge in [0, 0.05) is 27.1 Å². The first kappa shape index (κ1) is 23.4. The van der Waals surface area contributed by atoms with Crippen molar-refractivity contribution >= 4 is 75.8 Å². The molecule has 2 aromatic heterocycles. The first-order valence-corrected chi connectivity index (χ1v) is 15.4. The van der Waals surface area contributed by atoms with Crippen LogP contribution >= 0.6 is 0 Å². The Kier molecular flexibility index (Phi) is 4.32. The van der Waals surface area contributed by atoms with E-state index in [1.165, 1.54) is 59.6 Å². The number of fused-ring (bicyclic) bond motifs is 4. The summed E-state index contributed by atoms with van der Waals surface area (Å²) in [5.41, 5.74) is 7.75. The van der Waals surface area contributed by atoms with Crippen molar-refractivity contribution < 1.29 is 0 Å². The number of benzene rings is 8. The predicted octanol–water partition coefficient (Wildman–Crippen LogP) is 11.0. The van der Waals surface area contributed by atoms with Crippen LogP contribution in [-0.4, -0.2) is 14.5 Å². The lowest BCUT2D eigenvalue weighted by Gasteiger charge is -2.15. The molecule has 0 radical (unpaired) electrons. The maximum atomic E-state index is 5.44. The molecule has 11 rings (SSSR count). The average Bonchev–Trinajstić information content (AvgIpc) is 3.38. The van der Waals surface area contributed by atoms with Gasteiger partial charge in [0.1, 0.15) is 0 Å². The minimum absolute atomic E-state index is 0.687. The van der Waals surface area contributed by atoms with Gasteiger partial charge in [-0.1, -0.05) is 121 Å². The lowest BCUT2D eigenvalue weighted by atomic mass is 9.93. The molecule has 0 amide bonds. The number of hydrogen-bond acceptors (Lipinski definition) is 2. The molecule has 0 N–H and O–H groups in total. The lowest BCUT2D eigenvalue weighted by molar-refractivity contribution is 1.01. The molecule has 0 atom stereocenters. The Morgan fingerprint density at radius 1 is 0.378 bits per heavy atom. The molecule has 1 aliphatic carbocycles. The van der Waals surface area contributed by atoms with Crippen LogP contribution in [-0.2, 0) is 0 Å². The Hall–Kier alpha value is -6.06. The second kappa shape index (κ2) is 8.31. The van der Waals surface area contributed by atoms with Gasteiger partial charge in [-0.2, -0.15) is 0 Å². The summed E-state index contributed by atoms with van der Waals surface area (Å²) >= 11 is 0. The SMILES string of the molecule is c1ccc(-c2nc(-n3c4cccc5c4c4c6c(ccc7ccc8cccc-5c8c76)ccc43)nc3ccc4ccccc4c23)cc1. The molecule has 0 spiro atoms. The molecular formula is C42H23N3. The monoisotopic (exact) mass is 569 g/mol. The summed E-state index contributed by atoms with van der Waals surface area (Å²) in [4.78, 5) is 10.8. The zero-order chi connectivity index (χ0) is 29.2. The Morgan fingerprint density at radius 3 is 1.84 bits per heavy atom. The summed E-state index contributed by atoms with van der Waals surface area (Å²) < 4.78 is 2.29. The van der Waals surface area contributed by atoms with E-state index in [9.17, 15) is 0 Å². The van der Waals surface area contributed by atoms with Crippen LogP contribution in [0.15, 0.2) is 140 Å². The summed E-state index contributed by atoms with van der Waals surface area (Å²) in [5, 5.41) is 13.7. The fraction of sp³-hybridized carbons (Fsp3) is 0. The van der Waals surface area contributed by atoms with E-state index in [-0.39, 0.29) is 0 Å². The van der Waals surface area contributed by atoms with Crippen molar-refractivity contribution in [3.63, 3.8) is 0 Å². The van der Waals surface area contributed by atoms with Gasteiger partial charge in [0.05, 0.1) is 22.2 Å². The fourth-order valence-electron chi connectivity index (χ4n) is 8.02. The molecule has 0 saturated carbocycles. The molecule has 0 unspecified atom stereocenters. The lowest BCUT2D eigenvalue weighted by Crippen LogP contribution is -2.04. The molecule has 0 saturated heterocycles. The number of hydrogen-bond donors (Lipinski definition) is 0. The van der Waals surface area contributed by atoms with Gasteiger partial charge in [-0.05, 0) is 67.0 Å². The Labute approximate surface area is 257 Å². The van der Waals surface area contributed by atoms with Crippen LogP contribution in [0.4, 0.5) is 0 Å². The van der Waals surface area contributed by atoms with E-state index < -0.39 is 0 Å². The van der Waals surface area contributed by atoms with Gasteiger partial charge in [-0.15, -0.1) is 0 Å². The van der Waals surface area contributed by atoms with Crippen LogP contribution in [0.5, 0.6) is 0 Å². The fourth-order valence-corrected chi connectivity index (χ4v) is 8.02. The van der Waals surface area contributed by atoms with Crippen LogP contribution < -0.4 is 0 Å². The van der Waals surface area contributed by atoms with E-state index in [4.69, 9.17) is 9.97 Å². The smallest absolute Gasteiger partial charge is 0.235 e. The van der Waals surface area contributed by atoms with Gasteiger partial charge < -0.3 is 0 Å². The summed E-state index contributed by atoms with van der Waals surface area (Å²) in [6.45, 7) is 0. The zero-order valence-corrected chi connectivity index (χ0v) is 24.1. The van der Waals surface area contributed by atoms with Crippen LogP contribution in [0.25, 0.3) is 104 Å². The Morgan fingerprint density at radius 2 is 1.00 bits per heavy atom. The zero-order valence-electron chi connectivity index (χ0n) is 24.1. The minimum atomic E-state index is 0.687.